The summed E-state index contributed by atoms with van der Waals surface area (Å²) in [4.78, 5) is 29.1. The molecule has 1 amide bonds. The molecule has 1 saturated heterocycles. The van der Waals surface area contributed by atoms with E-state index in [1.807, 2.05) is 30.3 Å². The molecular formula is C24H21N5O3. The van der Waals surface area contributed by atoms with Crippen LogP contribution in [0.4, 0.5) is 5.82 Å². The molecule has 160 valence electrons. The Morgan fingerprint density at radius 1 is 1.03 bits per heavy atom. The summed E-state index contributed by atoms with van der Waals surface area (Å²) in [5.74, 6) is 1.66. The molecular weight excluding hydrogens is 406 g/mol. The molecule has 0 aliphatic carbocycles. The van der Waals surface area contributed by atoms with Crippen LogP contribution >= 0.6 is 0 Å². The van der Waals surface area contributed by atoms with Crippen LogP contribution in [0.5, 0.6) is 17.4 Å². The van der Waals surface area contributed by atoms with Crippen molar-refractivity contribution in [3.05, 3.63) is 67.6 Å². The number of aromatic hydroxyl groups is 1. The lowest BCUT2D eigenvalue weighted by Crippen LogP contribution is -2.48. The molecule has 0 unspecified atom stereocenters. The lowest BCUT2D eigenvalue weighted by atomic mass is 10.1. The first-order valence-electron chi connectivity index (χ1n) is 10.3. The van der Waals surface area contributed by atoms with Crippen molar-refractivity contribution in [2.24, 2.45) is 0 Å². The molecule has 0 bridgehead atoms. The Morgan fingerprint density at radius 3 is 2.66 bits per heavy atom. The third-order valence-corrected chi connectivity index (χ3v) is 5.58. The van der Waals surface area contributed by atoms with Gasteiger partial charge in [0, 0.05) is 49.2 Å². The van der Waals surface area contributed by atoms with Gasteiger partial charge >= 0.3 is 0 Å². The van der Waals surface area contributed by atoms with Crippen molar-refractivity contribution in [1.29, 1.82) is 0 Å². The quantitative estimate of drug-likeness (QED) is 0.498. The molecule has 2 aromatic heterocycles. The van der Waals surface area contributed by atoms with E-state index in [0.29, 0.717) is 43.3 Å². The van der Waals surface area contributed by atoms with E-state index < -0.39 is 0 Å². The lowest BCUT2D eigenvalue weighted by molar-refractivity contribution is -0.126. The number of ether oxygens (including phenoxy) is 1. The van der Waals surface area contributed by atoms with Crippen LogP contribution < -0.4 is 9.64 Å². The number of amides is 1. The van der Waals surface area contributed by atoms with Crippen LogP contribution in [0.3, 0.4) is 0 Å². The fourth-order valence-electron chi connectivity index (χ4n) is 3.99. The van der Waals surface area contributed by atoms with Crippen LogP contribution in [0, 0.1) is 0 Å². The first kappa shape index (κ1) is 19.7. The van der Waals surface area contributed by atoms with Crippen molar-refractivity contribution in [2.45, 2.75) is 0 Å². The van der Waals surface area contributed by atoms with E-state index in [-0.39, 0.29) is 11.7 Å². The van der Waals surface area contributed by atoms with E-state index in [1.165, 1.54) is 12.4 Å². The highest BCUT2D eigenvalue weighted by Crippen LogP contribution is 2.36. The molecule has 3 heterocycles. The third-order valence-electron chi connectivity index (χ3n) is 5.58. The topological polar surface area (TPSA) is 91.7 Å². The maximum Gasteiger partial charge on any atom is 0.246 e. The predicted octanol–water partition coefficient (Wildman–Crippen LogP) is 3.51. The minimum absolute atomic E-state index is 0.0598. The number of benzene rings is 2. The largest absolute Gasteiger partial charge is 0.508 e. The maximum atomic E-state index is 11.9. The van der Waals surface area contributed by atoms with Gasteiger partial charge in [0.15, 0.2) is 0 Å². The fourth-order valence-corrected chi connectivity index (χ4v) is 3.99. The summed E-state index contributed by atoms with van der Waals surface area (Å²) in [6.07, 6.45) is 4.50. The van der Waals surface area contributed by atoms with Crippen molar-refractivity contribution < 1.29 is 14.6 Å². The van der Waals surface area contributed by atoms with Gasteiger partial charge in [-0.1, -0.05) is 30.8 Å². The molecule has 8 heteroatoms. The van der Waals surface area contributed by atoms with Gasteiger partial charge < -0.3 is 19.6 Å². The molecule has 0 atom stereocenters. The monoisotopic (exact) mass is 427 g/mol. The number of carbonyl (C=O) groups is 1. The Balaban J connectivity index is 1.50. The number of anilines is 1. The Morgan fingerprint density at radius 2 is 1.84 bits per heavy atom. The van der Waals surface area contributed by atoms with Gasteiger partial charge in [0.25, 0.3) is 0 Å². The zero-order chi connectivity index (χ0) is 22.1. The number of nitrogens with zero attached hydrogens (tertiary/aromatic N) is 5. The smallest absolute Gasteiger partial charge is 0.246 e. The van der Waals surface area contributed by atoms with Gasteiger partial charge in [0.05, 0.1) is 0 Å². The molecule has 1 aliphatic rings. The minimum Gasteiger partial charge on any atom is -0.508 e. The van der Waals surface area contributed by atoms with Gasteiger partial charge in [-0.15, -0.1) is 0 Å². The molecule has 0 saturated carbocycles. The molecule has 2 aromatic carbocycles. The highest BCUT2D eigenvalue weighted by molar-refractivity contribution is 5.94. The van der Waals surface area contributed by atoms with E-state index in [2.05, 4.69) is 26.4 Å². The number of fused-ring (bicyclic) bond motifs is 2. The van der Waals surface area contributed by atoms with Crippen LogP contribution in [-0.4, -0.2) is 57.0 Å². The van der Waals surface area contributed by atoms with Gasteiger partial charge in [-0.25, -0.2) is 15.0 Å². The molecule has 4 aromatic rings. The van der Waals surface area contributed by atoms with Crippen LogP contribution in [0.15, 0.2) is 67.6 Å². The Labute approximate surface area is 184 Å². The van der Waals surface area contributed by atoms with E-state index in [0.717, 1.165) is 22.0 Å². The molecule has 1 aliphatic heterocycles. The normalized spacial score (nSPS) is 14.0. The van der Waals surface area contributed by atoms with Crippen LogP contribution in [0.1, 0.15) is 0 Å². The van der Waals surface area contributed by atoms with Crippen LogP contribution in [-0.2, 0) is 4.79 Å². The molecule has 5 rings (SSSR count). The van der Waals surface area contributed by atoms with Crippen molar-refractivity contribution in [3.63, 3.8) is 0 Å². The Bertz CT molecular complexity index is 1330. The molecule has 1 N–H and O–H groups in total. The number of hydrogen-bond donors (Lipinski definition) is 1. The van der Waals surface area contributed by atoms with E-state index >= 15 is 0 Å². The summed E-state index contributed by atoms with van der Waals surface area (Å²) >= 11 is 0. The standard InChI is InChI=1S/C24H21N5O3/c1-2-21(31)28-9-11-29(12-10-28)23-19-7-8-25-24(22(19)26-15-27-23)32-20-14-17(30)13-16-5-3-4-6-18(16)20/h2-8,13-15,30H,1,9-12H2. The highest BCUT2D eigenvalue weighted by atomic mass is 16.5. The number of rotatable bonds is 4. The number of hydrogen-bond acceptors (Lipinski definition) is 7. The molecule has 0 spiro atoms. The molecule has 32 heavy (non-hydrogen) atoms. The second-order valence-electron chi connectivity index (χ2n) is 7.49. The summed E-state index contributed by atoms with van der Waals surface area (Å²) < 4.78 is 6.15. The van der Waals surface area contributed by atoms with Gasteiger partial charge in [0.2, 0.25) is 11.8 Å². The fraction of sp³-hybridized carbons (Fsp3) is 0.167. The zero-order valence-electron chi connectivity index (χ0n) is 17.3. The average molecular weight is 427 g/mol. The van der Waals surface area contributed by atoms with Crippen LogP contribution in [0.25, 0.3) is 21.7 Å². The Hall–Kier alpha value is -4.20. The highest BCUT2D eigenvalue weighted by Gasteiger charge is 2.23. The van der Waals surface area contributed by atoms with Gasteiger partial charge in [-0.05, 0) is 23.6 Å². The van der Waals surface area contributed by atoms with Crippen molar-refractivity contribution >= 4 is 33.4 Å². The summed E-state index contributed by atoms with van der Waals surface area (Å²) in [5.41, 5.74) is 0.578. The van der Waals surface area contributed by atoms with Gasteiger partial charge in [0.1, 0.15) is 29.2 Å². The number of piperazine rings is 1. The minimum atomic E-state index is -0.0598. The number of pyridine rings is 1. The number of phenolic OH excluding ortho intramolecular Hbond substituents is 1. The predicted molar refractivity (Wildman–Crippen MR) is 122 cm³/mol. The van der Waals surface area contributed by atoms with E-state index in [1.54, 1.807) is 23.2 Å². The molecule has 1 fully saturated rings. The lowest BCUT2D eigenvalue weighted by Gasteiger charge is -2.35. The second kappa shape index (κ2) is 8.14. The third kappa shape index (κ3) is 3.56. The van der Waals surface area contributed by atoms with E-state index in [4.69, 9.17) is 4.74 Å². The average Bonchev–Trinajstić information content (AvgIpc) is 2.83. The van der Waals surface area contributed by atoms with E-state index in [9.17, 15) is 9.90 Å². The molecule has 8 nitrogen and oxygen atoms in total. The van der Waals surface area contributed by atoms with Crippen molar-refractivity contribution in [2.75, 3.05) is 31.1 Å². The maximum absolute atomic E-state index is 11.9. The van der Waals surface area contributed by atoms with Crippen LogP contribution in [0.2, 0.25) is 0 Å². The first-order valence-corrected chi connectivity index (χ1v) is 10.3. The first-order chi connectivity index (χ1) is 15.6. The second-order valence-corrected chi connectivity index (χ2v) is 7.49. The summed E-state index contributed by atoms with van der Waals surface area (Å²) in [6.45, 7) is 6.06. The summed E-state index contributed by atoms with van der Waals surface area (Å²) in [7, 11) is 0. The van der Waals surface area contributed by atoms with Gasteiger partial charge in [-0.3, -0.25) is 4.79 Å². The van der Waals surface area contributed by atoms with Crippen molar-refractivity contribution in [3.8, 4) is 17.4 Å². The van der Waals surface area contributed by atoms with Gasteiger partial charge in [-0.2, -0.15) is 0 Å². The number of aromatic nitrogens is 3. The summed E-state index contributed by atoms with van der Waals surface area (Å²) in [5, 5.41) is 12.7. The number of carbonyl (C=O) groups excluding carboxylic acids is 1. The van der Waals surface area contributed by atoms with Crippen molar-refractivity contribution in [1.82, 2.24) is 19.9 Å². The number of phenols is 1. The molecule has 0 radical (unpaired) electrons. The SMILES string of the molecule is C=CC(=O)N1CCN(c2ncnc3c(Oc4cc(O)cc5ccccc45)nccc23)CC1. The summed E-state index contributed by atoms with van der Waals surface area (Å²) in [6, 6.07) is 12.8. The Kier molecular flexibility index (Phi) is 5.03. The zero-order valence-corrected chi connectivity index (χ0v) is 17.3.